The lowest BCUT2D eigenvalue weighted by Crippen LogP contribution is -2.54. The summed E-state index contributed by atoms with van der Waals surface area (Å²) in [7, 11) is 0. The lowest BCUT2D eigenvalue weighted by Gasteiger charge is -2.61. The zero-order valence-electron chi connectivity index (χ0n) is 21.1. The average Bonchev–Trinajstić information content (AvgIpc) is 3.32. The van der Waals surface area contributed by atoms with Gasteiger partial charge in [-0.05, 0) is 111 Å². The normalized spacial score (nSPS) is 42.4. The molecule has 0 radical (unpaired) electrons. The molecule has 1 heterocycles. The molecule has 34 heavy (non-hydrogen) atoms. The van der Waals surface area contributed by atoms with Gasteiger partial charge in [0.15, 0.2) is 0 Å². The third-order valence-corrected chi connectivity index (χ3v) is 11.2. The van der Waals surface area contributed by atoms with E-state index in [9.17, 15) is 20.1 Å². The summed E-state index contributed by atoms with van der Waals surface area (Å²) in [4.78, 5) is 17.6. The third-order valence-electron chi connectivity index (χ3n) is 11.2. The molecule has 0 spiro atoms. The molecule has 3 N–H and O–H groups in total. The summed E-state index contributed by atoms with van der Waals surface area (Å²) in [6.07, 6.45) is 11.9. The second kappa shape index (κ2) is 8.76. The van der Waals surface area contributed by atoms with Gasteiger partial charge in [-0.1, -0.05) is 20.8 Å². The highest BCUT2D eigenvalue weighted by molar-refractivity contribution is 5.69. The van der Waals surface area contributed by atoms with Crippen LogP contribution in [0.5, 0.6) is 11.8 Å². The molecule has 5 rings (SSSR count). The monoisotopic (exact) mass is 473 g/mol. The smallest absolute Gasteiger partial charge is 0.333 e. The molecule has 6 nitrogen and oxygen atoms in total. The summed E-state index contributed by atoms with van der Waals surface area (Å²) in [6, 6.07) is 2.59. The van der Waals surface area contributed by atoms with E-state index in [1.807, 2.05) is 0 Å². The number of hydrogen-bond acceptors (Lipinski definition) is 5. The number of aromatic hydroxyl groups is 2. The Morgan fingerprint density at radius 1 is 1.03 bits per heavy atom. The van der Waals surface area contributed by atoms with Gasteiger partial charge >= 0.3 is 5.97 Å². The molecular formula is C28H43NO5. The summed E-state index contributed by atoms with van der Waals surface area (Å²) in [5.74, 6) is 3.17. The van der Waals surface area contributed by atoms with Crippen LogP contribution < -0.4 is 4.84 Å². The Morgan fingerprint density at radius 2 is 1.71 bits per heavy atom. The SMILES string of the molecule is C[C@H](CCC(=O)On1c(O)ccc1O)[C@H]1CCC2C3CCC4C[C@H](O)CC[C@]4(C)C3CC[C@@]21C. The Kier molecular flexibility index (Phi) is 6.19. The fraction of sp³-hybridized carbons (Fsp3) is 0.821. The van der Waals surface area contributed by atoms with E-state index >= 15 is 0 Å². The minimum Gasteiger partial charge on any atom is -0.492 e. The van der Waals surface area contributed by atoms with Crippen LogP contribution in [-0.2, 0) is 4.79 Å². The van der Waals surface area contributed by atoms with Crippen molar-refractivity contribution in [2.75, 3.05) is 0 Å². The predicted molar refractivity (Wildman–Crippen MR) is 129 cm³/mol. The van der Waals surface area contributed by atoms with Crippen molar-refractivity contribution in [3.8, 4) is 11.8 Å². The molecule has 190 valence electrons. The van der Waals surface area contributed by atoms with E-state index in [2.05, 4.69) is 20.8 Å². The van der Waals surface area contributed by atoms with Gasteiger partial charge in [0.25, 0.3) is 0 Å². The highest BCUT2D eigenvalue weighted by atomic mass is 16.7. The quantitative estimate of drug-likeness (QED) is 0.540. The Balaban J connectivity index is 1.22. The van der Waals surface area contributed by atoms with E-state index < -0.39 is 5.97 Å². The standard InChI is InChI=1S/C28H43NO5/c1-17(4-11-26(33)34-29-24(31)9-10-25(29)32)21-7-8-22-20-6-5-18-16-19(30)12-14-27(18,2)23(20)13-15-28(21,22)3/h9-10,17-23,30-32H,4-8,11-16H2,1-3H3/t17-,18?,19-,20?,21-,22?,23?,27+,28-/m1/s1. The van der Waals surface area contributed by atoms with E-state index in [4.69, 9.17) is 4.84 Å². The Morgan fingerprint density at radius 3 is 2.44 bits per heavy atom. The Labute approximate surface area is 203 Å². The molecule has 4 aliphatic carbocycles. The highest BCUT2D eigenvalue weighted by Gasteiger charge is 2.60. The van der Waals surface area contributed by atoms with Crippen LogP contribution >= 0.6 is 0 Å². The van der Waals surface area contributed by atoms with Crippen molar-refractivity contribution in [1.29, 1.82) is 0 Å². The van der Waals surface area contributed by atoms with Crippen LogP contribution in [0.1, 0.15) is 91.4 Å². The molecule has 0 aliphatic heterocycles. The van der Waals surface area contributed by atoms with Gasteiger partial charge < -0.3 is 20.2 Å². The summed E-state index contributed by atoms with van der Waals surface area (Å²) in [5, 5.41) is 29.7. The van der Waals surface area contributed by atoms with Gasteiger partial charge in [-0.2, -0.15) is 0 Å². The summed E-state index contributed by atoms with van der Waals surface area (Å²) < 4.78 is 0.780. The van der Waals surface area contributed by atoms with Crippen molar-refractivity contribution in [3.05, 3.63) is 12.1 Å². The molecule has 1 aromatic rings. The first-order valence-corrected chi connectivity index (χ1v) is 13.6. The van der Waals surface area contributed by atoms with Gasteiger partial charge in [0.2, 0.25) is 11.8 Å². The van der Waals surface area contributed by atoms with Crippen LogP contribution in [0.2, 0.25) is 0 Å². The zero-order valence-corrected chi connectivity index (χ0v) is 21.1. The maximum Gasteiger partial charge on any atom is 0.333 e. The van der Waals surface area contributed by atoms with Crippen LogP contribution in [0, 0.1) is 46.3 Å². The summed E-state index contributed by atoms with van der Waals surface area (Å²) in [5.41, 5.74) is 0.755. The van der Waals surface area contributed by atoms with Gasteiger partial charge in [-0.25, -0.2) is 4.79 Å². The first-order valence-electron chi connectivity index (χ1n) is 13.6. The Bertz CT molecular complexity index is 893. The van der Waals surface area contributed by atoms with Gasteiger partial charge in [-0.3, -0.25) is 0 Å². The zero-order chi connectivity index (χ0) is 24.3. The molecule has 0 aromatic carbocycles. The molecule has 4 aliphatic rings. The molecule has 9 atom stereocenters. The number of aliphatic hydroxyl groups is 1. The number of hydrogen-bond donors (Lipinski definition) is 3. The summed E-state index contributed by atoms with van der Waals surface area (Å²) in [6.45, 7) is 7.38. The molecule has 1 aromatic heterocycles. The molecule has 4 unspecified atom stereocenters. The lowest BCUT2D eigenvalue weighted by molar-refractivity contribution is -0.146. The number of rotatable bonds is 5. The fourth-order valence-electron chi connectivity index (χ4n) is 9.40. The molecule has 4 saturated carbocycles. The van der Waals surface area contributed by atoms with E-state index in [1.54, 1.807) is 0 Å². The van der Waals surface area contributed by atoms with Crippen molar-refractivity contribution < 1.29 is 25.0 Å². The molecule has 4 fully saturated rings. The second-order valence-electron chi connectivity index (χ2n) is 12.6. The van der Waals surface area contributed by atoms with Crippen LogP contribution in [0.3, 0.4) is 0 Å². The Hall–Kier alpha value is -1.69. The number of carbonyl (C=O) groups is 1. The largest absolute Gasteiger partial charge is 0.492 e. The third kappa shape index (κ3) is 3.84. The van der Waals surface area contributed by atoms with Crippen LogP contribution in [0.4, 0.5) is 0 Å². The predicted octanol–water partition coefficient (Wildman–Crippen LogP) is 5.29. The van der Waals surface area contributed by atoms with E-state index in [0.29, 0.717) is 28.6 Å². The number of aromatic nitrogens is 1. The number of aliphatic hydroxyl groups excluding tert-OH is 1. The van der Waals surface area contributed by atoms with Crippen molar-refractivity contribution >= 4 is 5.97 Å². The van der Waals surface area contributed by atoms with Crippen LogP contribution in [0.25, 0.3) is 0 Å². The molecular weight excluding hydrogens is 430 g/mol. The van der Waals surface area contributed by atoms with E-state index in [0.717, 1.165) is 41.7 Å². The highest BCUT2D eigenvalue weighted by Crippen LogP contribution is 2.68. The summed E-state index contributed by atoms with van der Waals surface area (Å²) >= 11 is 0. The first kappa shape index (κ1) is 24.0. The molecule has 6 heteroatoms. The molecule has 0 saturated heterocycles. The first-order chi connectivity index (χ1) is 16.1. The van der Waals surface area contributed by atoms with Gasteiger partial charge in [0.1, 0.15) is 0 Å². The fourth-order valence-corrected chi connectivity index (χ4v) is 9.40. The number of nitrogens with zero attached hydrogens (tertiary/aromatic N) is 1. The molecule has 0 amide bonds. The maximum absolute atomic E-state index is 12.4. The minimum absolute atomic E-state index is 0.0858. The van der Waals surface area contributed by atoms with Crippen molar-refractivity contribution in [2.24, 2.45) is 46.3 Å². The van der Waals surface area contributed by atoms with Crippen molar-refractivity contribution in [1.82, 2.24) is 4.73 Å². The topological polar surface area (TPSA) is 91.9 Å². The van der Waals surface area contributed by atoms with Gasteiger partial charge in [0, 0.05) is 18.6 Å². The lowest BCUT2D eigenvalue weighted by atomic mass is 9.44. The second-order valence-corrected chi connectivity index (χ2v) is 12.6. The van der Waals surface area contributed by atoms with E-state index in [1.165, 1.54) is 57.1 Å². The minimum atomic E-state index is -0.428. The van der Waals surface area contributed by atoms with Crippen molar-refractivity contribution in [3.63, 3.8) is 0 Å². The number of fused-ring (bicyclic) bond motifs is 5. The molecule has 0 bridgehead atoms. The van der Waals surface area contributed by atoms with Crippen molar-refractivity contribution in [2.45, 2.75) is 97.5 Å². The number of carbonyl (C=O) groups excluding carboxylic acids is 1. The van der Waals surface area contributed by atoms with Crippen LogP contribution in [-0.4, -0.2) is 32.1 Å². The van der Waals surface area contributed by atoms with E-state index in [-0.39, 0.29) is 24.3 Å². The average molecular weight is 474 g/mol. The van der Waals surface area contributed by atoms with Crippen LogP contribution in [0.15, 0.2) is 12.1 Å². The maximum atomic E-state index is 12.4. The van der Waals surface area contributed by atoms with Gasteiger partial charge in [0.05, 0.1) is 6.10 Å². The van der Waals surface area contributed by atoms with Gasteiger partial charge in [-0.15, -0.1) is 4.73 Å².